The van der Waals surface area contributed by atoms with Crippen LogP contribution in [0, 0.1) is 22.7 Å². The minimum Gasteiger partial charge on any atom is -0.480 e. The number of halogens is 1. The molecular weight excluding hydrogens is 462 g/mol. The molecule has 6 nitrogen and oxygen atoms in total. The first kappa shape index (κ1) is 22.4. The summed E-state index contributed by atoms with van der Waals surface area (Å²) in [6.45, 7) is 1.63. The summed E-state index contributed by atoms with van der Waals surface area (Å²) in [4.78, 5) is 11.3. The van der Waals surface area contributed by atoms with Crippen molar-refractivity contribution in [3.05, 3.63) is 51.5 Å². The second-order valence-corrected chi connectivity index (χ2v) is 9.49. The highest BCUT2D eigenvalue weighted by atomic mass is 35.5. The Balaban J connectivity index is 1.63. The number of nitrogens with zero attached hydrogens (tertiary/aromatic N) is 5. The van der Waals surface area contributed by atoms with Gasteiger partial charge in [0.25, 0.3) is 0 Å². The number of methoxy groups -OCH3 is 1. The molecule has 9 heteroatoms. The molecule has 1 fully saturated rings. The van der Waals surface area contributed by atoms with Crippen molar-refractivity contribution < 1.29 is 4.74 Å². The minimum atomic E-state index is 0.259. The van der Waals surface area contributed by atoms with Gasteiger partial charge < -0.3 is 9.64 Å². The first-order valence-electron chi connectivity index (χ1n) is 10.1. The summed E-state index contributed by atoms with van der Waals surface area (Å²) in [6.07, 6.45) is 3.23. The van der Waals surface area contributed by atoms with Crippen molar-refractivity contribution in [3.63, 3.8) is 0 Å². The van der Waals surface area contributed by atoms with Crippen molar-refractivity contribution in [1.82, 2.24) is 9.97 Å². The fourth-order valence-corrected chi connectivity index (χ4v) is 5.58. The second kappa shape index (κ2) is 10.2. The van der Waals surface area contributed by atoms with Gasteiger partial charge in [0.1, 0.15) is 33.3 Å². The van der Waals surface area contributed by atoms with E-state index >= 15 is 0 Å². The number of nitriles is 2. The molecule has 0 atom stereocenters. The van der Waals surface area contributed by atoms with Gasteiger partial charge in [-0.15, -0.1) is 11.3 Å². The van der Waals surface area contributed by atoms with Gasteiger partial charge in [-0.2, -0.15) is 10.5 Å². The molecule has 0 N–H and O–H groups in total. The lowest BCUT2D eigenvalue weighted by atomic mass is 10.1. The Morgan fingerprint density at radius 1 is 1.09 bits per heavy atom. The zero-order valence-corrected chi connectivity index (χ0v) is 19.9. The number of piperidine rings is 1. The highest BCUT2D eigenvalue weighted by molar-refractivity contribution is 7.98. The predicted molar refractivity (Wildman–Crippen MR) is 128 cm³/mol. The molecule has 2 aromatic heterocycles. The first-order valence-corrected chi connectivity index (χ1v) is 12.4. The summed E-state index contributed by atoms with van der Waals surface area (Å²) < 4.78 is 5.42. The van der Waals surface area contributed by atoms with Gasteiger partial charge in [-0.1, -0.05) is 35.5 Å². The monoisotopic (exact) mass is 481 g/mol. The van der Waals surface area contributed by atoms with Crippen molar-refractivity contribution in [2.75, 3.05) is 25.1 Å². The Morgan fingerprint density at radius 2 is 1.81 bits per heavy atom. The summed E-state index contributed by atoms with van der Waals surface area (Å²) in [7, 11) is 1.50. The average Bonchev–Trinajstić information content (AvgIpc) is 3.31. The Hall–Kier alpha value is -2.78. The van der Waals surface area contributed by atoms with Gasteiger partial charge in [0.15, 0.2) is 0 Å². The normalized spacial score (nSPS) is 13.4. The summed E-state index contributed by atoms with van der Waals surface area (Å²) in [5, 5.41) is 23.9. The third kappa shape index (κ3) is 4.68. The summed E-state index contributed by atoms with van der Waals surface area (Å²) in [5.74, 6) is 0.815. The van der Waals surface area contributed by atoms with E-state index in [4.69, 9.17) is 21.3 Å². The van der Waals surface area contributed by atoms with Crippen LogP contribution in [0.1, 0.15) is 36.1 Å². The van der Waals surface area contributed by atoms with E-state index < -0.39 is 0 Å². The van der Waals surface area contributed by atoms with Gasteiger partial charge in [0.2, 0.25) is 5.88 Å². The van der Waals surface area contributed by atoms with Crippen LogP contribution in [0.4, 0.5) is 5.69 Å². The van der Waals surface area contributed by atoms with Gasteiger partial charge >= 0.3 is 0 Å². The number of aromatic nitrogens is 2. The van der Waals surface area contributed by atoms with Gasteiger partial charge in [0.05, 0.1) is 18.5 Å². The van der Waals surface area contributed by atoms with Crippen LogP contribution in [0.3, 0.4) is 0 Å². The molecule has 0 saturated carbocycles. The molecule has 0 bridgehead atoms. The van der Waals surface area contributed by atoms with Crippen molar-refractivity contribution >= 4 is 40.4 Å². The number of thiazole rings is 1. The Kier molecular flexibility index (Phi) is 7.16. The summed E-state index contributed by atoms with van der Waals surface area (Å²) in [5.41, 5.74) is 3.32. The molecule has 3 heterocycles. The third-order valence-corrected chi connectivity index (χ3v) is 7.39. The van der Waals surface area contributed by atoms with E-state index in [0.29, 0.717) is 32.6 Å². The number of ether oxygens (including phenoxy) is 1. The van der Waals surface area contributed by atoms with E-state index in [-0.39, 0.29) is 5.88 Å². The highest BCUT2D eigenvalue weighted by Gasteiger charge is 2.26. The summed E-state index contributed by atoms with van der Waals surface area (Å²) >= 11 is 8.98. The van der Waals surface area contributed by atoms with Crippen LogP contribution < -0.4 is 9.64 Å². The molecule has 0 unspecified atom stereocenters. The van der Waals surface area contributed by atoms with Crippen molar-refractivity contribution in [1.29, 1.82) is 10.5 Å². The van der Waals surface area contributed by atoms with Crippen molar-refractivity contribution in [3.8, 4) is 28.6 Å². The number of hydrogen-bond acceptors (Lipinski definition) is 8. The molecule has 1 saturated heterocycles. The number of anilines is 1. The summed E-state index contributed by atoms with van der Waals surface area (Å²) in [6, 6.07) is 12.1. The minimum absolute atomic E-state index is 0.259. The van der Waals surface area contributed by atoms with Crippen LogP contribution >= 0.6 is 34.7 Å². The maximum Gasteiger partial charge on any atom is 0.234 e. The standard InChI is InChI=1S/C23H20ClN5OS2/c1-30-21-18(11-25)20(29-9-3-2-4-10-29)19(12-26)23(28-21)32-14-17-13-31-22(27-17)15-5-7-16(24)8-6-15/h5-8,13H,2-4,9-10,14H2,1H3. The van der Waals surface area contributed by atoms with Crippen LogP contribution in [0.5, 0.6) is 5.88 Å². The van der Waals surface area contributed by atoms with Crippen LogP contribution in [0.25, 0.3) is 10.6 Å². The third-order valence-electron chi connectivity index (χ3n) is 5.19. The zero-order valence-electron chi connectivity index (χ0n) is 17.5. The van der Waals surface area contributed by atoms with E-state index in [1.54, 1.807) is 11.3 Å². The average molecular weight is 482 g/mol. The fourth-order valence-electron chi connectivity index (χ4n) is 3.66. The second-order valence-electron chi connectivity index (χ2n) is 7.24. The molecule has 0 radical (unpaired) electrons. The molecule has 1 aromatic carbocycles. The van der Waals surface area contributed by atoms with Crippen LogP contribution in [-0.2, 0) is 5.75 Å². The lowest BCUT2D eigenvalue weighted by molar-refractivity contribution is 0.392. The number of pyridine rings is 1. The van der Waals surface area contributed by atoms with E-state index in [0.717, 1.165) is 48.6 Å². The van der Waals surface area contributed by atoms with E-state index in [1.807, 2.05) is 29.6 Å². The SMILES string of the molecule is COc1nc(SCc2csc(-c3ccc(Cl)cc3)n2)c(C#N)c(N2CCCCC2)c1C#N. The Labute approximate surface area is 200 Å². The molecule has 162 valence electrons. The van der Waals surface area contributed by atoms with Crippen molar-refractivity contribution in [2.45, 2.75) is 30.0 Å². The lowest BCUT2D eigenvalue weighted by Gasteiger charge is -2.31. The molecule has 1 aliphatic rings. The highest BCUT2D eigenvalue weighted by Crippen LogP contribution is 2.39. The van der Waals surface area contributed by atoms with Crippen LogP contribution in [0.15, 0.2) is 34.7 Å². The molecule has 32 heavy (non-hydrogen) atoms. The number of hydrogen-bond donors (Lipinski definition) is 0. The predicted octanol–water partition coefficient (Wildman–Crippen LogP) is 5.89. The molecule has 3 aromatic rings. The molecular formula is C23H20ClN5OS2. The molecule has 0 amide bonds. The van der Waals surface area contributed by atoms with Gasteiger partial charge in [0, 0.05) is 34.8 Å². The smallest absolute Gasteiger partial charge is 0.234 e. The van der Waals surface area contributed by atoms with E-state index in [2.05, 4.69) is 22.0 Å². The maximum atomic E-state index is 9.98. The Morgan fingerprint density at radius 3 is 2.47 bits per heavy atom. The molecule has 0 aliphatic carbocycles. The number of rotatable bonds is 6. The largest absolute Gasteiger partial charge is 0.480 e. The van der Waals surface area contributed by atoms with Gasteiger partial charge in [-0.3, -0.25) is 0 Å². The maximum absolute atomic E-state index is 9.98. The Bertz CT molecular complexity index is 1190. The molecule has 1 aliphatic heterocycles. The molecule has 4 rings (SSSR count). The zero-order chi connectivity index (χ0) is 22.5. The molecule has 0 spiro atoms. The van der Waals surface area contributed by atoms with Crippen LogP contribution in [0.2, 0.25) is 5.02 Å². The van der Waals surface area contributed by atoms with Crippen LogP contribution in [-0.4, -0.2) is 30.2 Å². The van der Waals surface area contributed by atoms with E-state index in [1.165, 1.54) is 18.9 Å². The van der Waals surface area contributed by atoms with Gasteiger partial charge in [-0.25, -0.2) is 9.97 Å². The first-order chi connectivity index (χ1) is 15.6. The lowest BCUT2D eigenvalue weighted by Crippen LogP contribution is -2.31. The number of thioether (sulfide) groups is 1. The van der Waals surface area contributed by atoms with E-state index in [9.17, 15) is 10.5 Å². The number of benzene rings is 1. The fraction of sp³-hybridized carbons (Fsp3) is 0.304. The topological polar surface area (TPSA) is 85.8 Å². The quantitative estimate of drug-likeness (QED) is 0.405. The van der Waals surface area contributed by atoms with Crippen molar-refractivity contribution in [2.24, 2.45) is 0 Å². The van der Waals surface area contributed by atoms with Gasteiger partial charge in [-0.05, 0) is 31.4 Å².